The third-order valence-corrected chi connectivity index (χ3v) is 6.71. The topological polar surface area (TPSA) is 58.4 Å². The fourth-order valence-electron chi connectivity index (χ4n) is 4.49. The van der Waals surface area contributed by atoms with E-state index in [-0.39, 0.29) is 17.4 Å². The van der Waals surface area contributed by atoms with Crippen LogP contribution >= 0.6 is 15.9 Å². The number of benzene rings is 2. The van der Waals surface area contributed by atoms with E-state index >= 15 is 0 Å². The van der Waals surface area contributed by atoms with Gasteiger partial charge in [-0.15, -0.1) is 0 Å². The van der Waals surface area contributed by atoms with Crippen molar-refractivity contribution in [1.82, 2.24) is 14.5 Å². The molecule has 0 N–H and O–H groups in total. The van der Waals surface area contributed by atoms with Gasteiger partial charge in [-0.05, 0) is 51.7 Å². The Morgan fingerprint density at radius 1 is 1.17 bits per heavy atom. The summed E-state index contributed by atoms with van der Waals surface area (Å²) in [5, 5.41) is 0.630. The lowest BCUT2D eigenvalue weighted by Gasteiger charge is -2.39. The summed E-state index contributed by atoms with van der Waals surface area (Å²) in [5.74, 6) is 1.06. The van der Waals surface area contributed by atoms with Crippen LogP contribution in [0.4, 0.5) is 5.95 Å². The Labute approximate surface area is 183 Å². The smallest absolute Gasteiger partial charge is 0.262 e. The number of anilines is 1. The van der Waals surface area contributed by atoms with Crippen LogP contribution in [0.2, 0.25) is 0 Å². The van der Waals surface area contributed by atoms with Crippen LogP contribution in [0, 0.1) is 12.8 Å². The van der Waals surface area contributed by atoms with E-state index in [4.69, 9.17) is 4.98 Å². The van der Waals surface area contributed by atoms with E-state index in [2.05, 4.69) is 33.0 Å². The van der Waals surface area contributed by atoms with Gasteiger partial charge >= 0.3 is 0 Å². The highest BCUT2D eigenvalue weighted by atomic mass is 79.9. The number of nitrogens with zero attached hydrogens (tertiary/aromatic N) is 4. The molecule has 5 rings (SSSR count). The average molecular weight is 467 g/mol. The molecular weight excluding hydrogens is 444 g/mol. The molecule has 0 atom stereocenters. The van der Waals surface area contributed by atoms with Crippen molar-refractivity contribution in [2.75, 3.05) is 18.0 Å². The third kappa shape index (κ3) is 3.21. The number of carbonyl (C=O) groups excluding carboxylic acids is 1. The highest BCUT2D eigenvalue weighted by Gasteiger charge is 2.31. The Morgan fingerprint density at radius 2 is 1.83 bits per heavy atom. The second-order valence-electron chi connectivity index (χ2n) is 8.39. The van der Waals surface area contributed by atoms with Crippen LogP contribution in [0.25, 0.3) is 10.9 Å². The highest BCUT2D eigenvalue weighted by Crippen LogP contribution is 2.30. The second kappa shape index (κ2) is 7.23. The molecule has 0 saturated carbocycles. The molecular formula is C23H23BrN4O2. The van der Waals surface area contributed by atoms with Crippen LogP contribution in [0.3, 0.4) is 0 Å². The summed E-state index contributed by atoms with van der Waals surface area (Å²) in [5.41, 5.74) is 4.25. The fraction of sp³-hybridized carbons (Fsp3) is 0.348. The summed E-state index contributed by atoms with van der Waals surface area (Å²) in [6, 6.07) is 12.3. The molecule has 1 fully saturated rings. The number of hydrogen-bond donors (Lipinski definition) is 0. The van der Waals surface area contributed by atoms with Gasteiger partial charge in [0, 0.05) is 50.0 Å². The van der Waals surface area contributed by atoms with Crippen LogP contribution in [-0.2, 0) is 24.4 Å². The summed E-state index contributed by atoms with van der Waals surface area (Å²) < 4.78 is 2.66. The molecule has 30 heavy (non-hydrogen) atoms. The minimum absolute atomic E-state index is 0.0170. The van der Waals surface area contributed by atoms with Crippen LogP contribution in [0.1, 0.15) is 23.6 Å². The first-order chi connectivity index (χ1) is 14.4. The number of rotatable bonds is 3. The molecule has 1 aromatic heterocycles. The number of likely N-dealkylation sites (tertiary alicyclic amines) is 1. The predicted molar refractivity (Wildman–Crippen MR) is 121 cm³/mol. The van der Waals surface area contributed by atoms with Gasteiger partial charge in [0.25, 0.3) is 5.56 Å². The molecule has 0 radical (unpaired) electrons. The van der Waals surface area contributed by atoms with E-state index in [9.17, 15) is 9.59 Å². The third-order valence-electron chi connectivity index (χ3n) is 6.10. The molecule has 0 unspecified atom stereocenters. The zero-order valence-corrected chi connectivity index (χ0v) is 18.6. The Hall–Kier alpha value is -2.67. The van der Waals surface area contributed by atoms with Gasteiger partial charge in [0.15, 0.2) is 0 Å². The largest absolute Gasteiger partial charge is 0.342 e. The lowest BCUT2D eigenvalue weighted by Crippen LogP contribution is -2.51. The van der Waals surface area contributed by atoms with E-state index in [0.717, 1.165) is 23.1 Å². The van der Waals surface area contributed by atoms with Crippen LogP contribution < -0.4 is 10.5 Å². The van der Waals surface area contributed by atoms with E-state index in [0.29, 0.717) is 36.5 Å². The van der Waals surface area contributed by atoms with Crippen molar-refractivity contribution < 1.29 is 4.79 Å². The number of aromatic nitrogens is 2. The lowest BCUT2D eigenvalue weighted by atomic mass is 10.00. The van der Waals surface area contributed by atoms with Gasteiger partial charge in [-0.2, -0.15) is 0 Å². The molecule has 0 spiro atoms. The van der Waals surface area contributed by atoms with Gasteiger partial charge in [-0.1, -0.05) is 24.3 Å². The maximum atomic E-state index is 13.6. The Bertz CT molecular complexity index is 1200. The zero-order chi connectivity index (χ0) is 21.0. The number of amides is 1. The van der Waals surface area contributed by atoms with Gasteiger partial charge in [-0.25, -0.2) is 4.98 Å². The maximum Gasteiger partial charge on any atom is 0.262 e. The number of halogens is 1. The summed E-state index contributed by atoms with van der Waals surface area (Å²) in [6.45, 7) is 7.00. The van der Waals surface area contributed by atoms with Crippen LogP contribution in [0.15, 0.2) is 45.7 Å². The zero-order valence-electron chi connectivity index (χ0n) is 17.1. The van der Waals surface area contributed by atoms with Gasteiger partial charge < -0.3 is 9.80 Å². The second-order valence-corrected chi connectivity index (χ2v) is 9.24. The first-order valence-corrected chi connectivity index (χ1v) is 11.0. The van der Waals surface area contributed by atoms with Crippen molar-refractivity contribution >= 4 is 38.7 Å². The van der Waals surface area contributed by atoms with Crippen LogP contribution in [0.5, 0.6) is 0 Å². The predicted octanol–water partition coefficient (Wildman–Crippen LogP) is 3.47. The van der Waals surface area contributed by atoms with Crippen molar-refractivity contribution in [1.29, 1.82) is 0 Å². The molecule has 0 aliphatic carbocycles. The van der Waals surface area contributed by atoms with Crippen molar-refractivity contribution in [2.45, 2.75) is 33.5 Å². The number of fused-ring (bicyclic) bond motifs is 2. The van der Waals surface area contributed by atoms with Gasteiger partial charge in [0.05, 0.1) is 10.9 Å². The first kappa shape index (κ1) is 19.3. The lowest BCUT2D eigenvalue weighted by molar-refractivity contribution is -0.135. The van der Waals surface area contributed by atoms with Crippen LogP contribution in [-0.4, -0.2) is 33.4 Å². The SMILES string of the molecule is CC(=O)N1CC(Cn2c(N3Cc4ccccc4C3)nc3c(Br)cc(C)cc3c2=O)C1. The average Bonchev–Trinajstić information content (AvgIpc) is 3.09. The minimum atomic E-state index is -0.0170. The van der Waals surface area contributed by atoms with Crippen molar-refractivity contribution in [3.8, 4) is 0 Å². The molecule has 154 valence electrons. The van der Waals surface area contributed by atoms with Gasteiger partial charge in [-0.3, -0.25) is 14.2 Å². The summed E-state index contributed by atoms with van der Waals surface area (Å²) >= 11 is 3.60. The molecule has 2 aromatic carbocycles. The molecule has 2 aliphatic rings. The van der Waals surface area contributed by atoms with Crippen molar-refractivity contribution in [2.24, 2.45) is 5.92 Å². The fourth-order valence-corrected chi connectivity index (χ4v) is 5.15. The van der Waals surface area contributed by atoms with E-state index in [1.165, 1.54) is 11.1 Å². The standard InChI is InChI=1S/C23H23BrN4O2/c1-14-7-19-21(20(24)8-14)25-23(27-12-17-5-3-4-6-18(17)13-27)28(22(19)30)11-16-9-26(10-16)15(2)29/h3-8,16H,9-13H2,1-2H3. The maximum absolute atomic E-state index is 13.6. The van der Waals surface area contributed by atoms with E-state index in [1.807, 2.05) is 40.7 Å². The highest BCUT2D eigenvalue weighted by molar-refractivity contribution is 9.10. The summed E-state index contributed by atoms with van der Waals surface area (Å²) in [6.07, 6.45) is 0. The Kier molecular flexibility index (Phi) is 4.65. The molecule has 2 aliphatic heterocycles. The summed E-state index contributed by atoms with van der Waals surface area (Å²) in [7, 11) is 0. The van der Waals surface area contributed by atoms with E-state index in [1.54, 1.807) is 6.92 Å². The number of carbonyl (C=O) groups is 1. The van der Waals surface area contributed by atoms with Gasteiger partial charge in [0.2, 0.25) is 11.9 Å². The molecule has 3 aromatic rings. The van der Waals surface area contributed by atoms with Crippen molar-refractivity contribution in [3.05, 3.63) is 67.9 Å². The Balaban J connectivity index is 1.59. The molecule has 3 heterocycles. The van der Waals surface area contributed by atoms with Gasteiger partial charge in [0.1, 0.15) is 0 Å². The quantitative estimate of drug-likeness (QED) is 0.592. The normalized spacial score (nSPS) is 16.1. The molecule has 1 saturated heterocycles. The molecule has 1 amide bonds. The Morgan fingerprint density at radius 3 is 2.47 bits per heavy atom. The molecule has 6 nitrogen and oxygen atoms in total. The number of aryl methyl sites for hydroxylation is 1. The van der Waals surface area contributed by atoms with Crippen molar-refractivity contribution in [3.63, 3.8) is 0 Å². The number of hydrogen-bond acceptors (Lipinski definition) is 4. The molecule has 0 bridgehead atoms. The first-order valence-electron chi connectivity index (χ1n) is 10.2. The summed E-state index contributed by atoms with van der Waals surface area (Å²) in [4.78, 5) is 34.1. The molecule has 7 heteroatoms. The minimum Gasteiger partial charge on any atom is -0.342 e. The van der Waals surface area contributed by atoms with E-state index < -0.39 is 0 Å². The monoisotopic (exact) mass is 466 g/mol.